The van der Waals surface area contributed by atoms with Crippen LogP contribution in [-0.2, 0) is 14.8 Å². The van der Waals surface area contributed by atoms with Crippen LogP contribution in [0.3, 0.4) is 0 Å². The number of hydrogen-bond donors (Lipinski definition) is 1. The van der Waals surface area contributed by atoms with Gasteiger partial charge in [-0.3, -0.25) is 0 Å². The number of halogens is 2. The van der Waals surface area contributed by atoms with E-state index in [2.05, 4.69) is 0 Å². The first kappa shape index (κ1) is 16.5. The van der Waals surface area contributed by atoms with Crippen LogP contribution < -0.4 is 0 Å². The number of aromatic carboxylic acids is 1. The molecule has 0 amide bonds. The summed E-state index contributed by atoms with van der Waals surface area (Å²) < 4.78 is 31.8. The van der Waals surface area contributed by atoms with E-state index in [1.165, 1.54) is 4.31 Å². The molecule has 9 heteroatoms. The van der Waals surface area contributed by atoms with Crippen molar-refractivity contribution >= 4 is 39.2 Å². The number of morpholine rings is 1. The monoisotopic (exact) mass is 353 g/mol. The Labute approximate surface area is 132 Å². The van der Waals surface area contributed by atoms with E-state index in [4.69, 9.17) is 33.0 Å². The largest absolute Gasteiger partial charge is 0.478 e. The fourth-order valence-electron chi connectivity index (χ4n) is 2.10. The molecule has 1 heterocycles. The smallest absolute Gasteiger partial charge is 0.337 e. The third-order valence-corrected chi connectivity index (χ3v) is 5.90. The number of hydrogen-bond acceptors (Lipinski definition) is 4. The lowest BCUT2D eigenvalue weighted by atomic mass is 10.2. The Morgan fingerprint density at radius 1 is 1.43 bits per heavy atom. The van der Waals surface area contributed by atoms with Crippen LogP contribution in [-0.4, -0.2) is 49.6 Å². The van der Waals surface area contributed by atoms with Crippen LogP contribution in [0.2, 0.25) is 10.0 Å². The van der Waals surface area contributed by atoms with Crippen molar-refractivity contribution in [3.8, 4) is 0 Å². The maximum Gasteiger partial charge on any atom is 0.337 e. The summed E-state index contributed by atoms with van der Waals surface area (Å²) in [5, 5.41) is 8.73. The number of ether oxygens (including phenoxy) is 1. The molecule has 0 spiro atoms. The molecule has 0 aromatic heterocycles. The molecule has 1 atom stereocenters. The topological polar surface area (TPSA) is 83.9 Å². The number of nitrogens with zero attached hydrogens (tertiary/aromatic N) is 1. The average Bonchev–Trinajstić information content (AvgIpc) is 2.40. The zero-order valence-corrected chi connectivity index (χ0v) is 13.4. The van der Waals surface area contributed by atoms with Gasteiger partial charge < -0.3 is 9.84 Å². The number of carboxylic acids is 1. The number of carbonyl (C=O) groups is 1. The van der Waals surface area contributed by atoms with Crippen molar-refractivity contribution in [1.29, 1.82) is 0 Å². The predicted octanol–water partition coefficient (Wildman–Crippen LogP) is 2.10. The molecule has 1 fully saturated rings. The summed E-state index contributed by atoms with van der Waals surface area (Å²) in [6.07, 6.45) is 0. The van der Waals surface area contributed by atoms with Crippen molar-refractivity contribution in [2.75, 3.05) is 19.8 Å². The lowest BCUT2D eigenvalue weighted by Gasteiger charge is -2.32. The third-order valence-electron chi connectivity index (χ3n) is 3.13. The van der Waals surface area contributed by atoms with Crippen LogP contribution in [0.5, 0.6) is 0 Å². The zero-order valence-electron chi connectivity index (χ0n) is 11.0. The van der Waals surface area contributed by atoms with E-state index in [1.54, 1.807) is 6.92 Å². The second-order valence-corrected chi connectivity index (χ2v) is 7.28. The Balaban J connectivity index is 2.57. The van der Waals surface area contributed by atoms with Crippen molar-refractivity contribution in [2.45, 2.75) is 17.9 Å². The van der Waals surface area contributed by atoms with E-state index >= 15 is 0 Å². The minimum absolute atomic E-state index is 0.00344. The van der Waals surface area contributed by atoms with Crippen molar-refractivity contribution in [3.05, 3.63) is 27.7 Å². The Kier molecular flexibility index (Phi) is 4.79. The summed E-state index contributed by atoms with van der Waals surface area (Å²) in [5.74, 6) is -1.34. The molecular formula is C12H13Cl2NO5S. The lowest BCUT2D eigenvalue weighted by molar-refractivity contribution is 0.0392. The Morgan fingerprint density at radius 2 is 2.10 bits per heavy atom. The minimum atomic E-state index is -3.95. The molecule has 0 aliphatic carbocycles. The molecule has 116 valence electrons. The summed E-state index contributed by atoms with van der Waals surface area (Å²) in [6.45, 7) is 2.42. The second-order valence-electron chi connectivity index (χ2n) is 4.61. The second kappa shape index (κ2) is 6.10. The van der Waals surface area contributed by atoms with E-state index in [9.17, 15) is 13.2 Å². The SMILES string of the molecule is CC1COCCN1S(=O)(=O)c1cc(Cl)cc(C(=O)O)c1Cl. The molecule has 0 bridgehead atoms. The van der Waals surface area contributed by atoms with E-state index in [-0.39, 0.29) is 46.3 Å². The molecule has 1 aromatic rings. The van der Waals surface area contributed by atoms with E-state index in [0.717, 1.165) is 12.1 Å². The summed E-state index contributed by atoms with van der Waals surface area (Å²) in [6, 6.07) is 1.91. The van der Waals surface area contributed by atoms with Gasteiger partial charge in [0, 0.05) is 17.6 Å². The van der Waals surface area contributed by atoms with Gasteiger partial charge >= 0.3 is 5.97 Å². The highest BCUT2D eigenvalue weighted by molar-refractivity contribution is 7.89. The van der Waals surface area contributed by atoms with Gasteiger partial charge in [-0.1, -0.05) is 23.2 Å². The van der Waals surface area contributed by atoms with Gasteiger partial charge in [0.25, 0.3) is 0 Å². The maximum absolute atomic E-state index is 12.7. The summed E-state index contributed by atoms with van der Waals surface area (Å²) in [4.78, 5) is 10.8. The number of carboxylic acid groups (broad SMARTS) is 1. The van der Waals surface area contributed by atoms with Crippen LogP contribution in [0.25, 0.3) is 0 Å². The van der Waals surface area contributed by atoms with Crippen molar-refractivity contribution in [2.24, 2.45) is 0 Å². The molecule has 1 unspecified atom stereocenters. The van der Waals surface area contributed by atoms with Crippen LogP contribution in [0.4, 0.5) is 0 Å². The summed E-state index contributed by atoms with van der Waals surface area (Å²) >= 11 is 11.8. The molecule has 6 nitrogen and oxygen atoms in total. The van der Waals surface area contributed by atoms with Gasteiger partial charge in [0.05, 0.1) is 23.8 Å². The first-order valence-corrected chi connectivity index (χ1v) is 8.26. The highest BCUT2D eigenvalue weighted by Gasteiger charge is 2.34. The number of benzene rings is 1. The standard InChI is InChI=1S/C12H13Cl2NO5S/c1-7-6-20-3-2-15(7)21(18,19)10-5-8(13)4-9(11(10)14)12(16)17/h4-5,7H,2-3,6H2,1H3,(H,16,17). The van der Waals surface area contributed by atoms with Crippen molar-refractivity contribution in [1.82, 2.24) is 4.31 Å². The Morgan fingerprint density at radius 3 is 2.67 bits per heavy atom. The summed E-state index contributed by atoms with van der Waals surface area (Å²) in [5.41, 5.74) is -0.344. The molecule has 1 aromatic carbocycles. The predicted molar refractivity (Wildman–Crippen MR) is 77.6 cm³/mol. The Bertz CT molecular complexity index is 676. The average molecular weight is 354 g/mol. The molecule has 0 radical (unpaired) electrons. The highest BCUT2D eigenvalue weighted by atomic mass is 35.5. The molecule has 1 N–H and O–H groups in total. The zero-order chi connectivity index (χ0) is 15.8. The van der Waals surface area contributed by atoms with Crippen LogP contribution in [0.15, 0.2) is 17.0 Å². The first-order valence-electron chi connectivity index (χ1n) is 6.07. The van der Waals surface area contributed by atoms with Gasteiger partial charge in [-0.05, 0) is 19.1 Å². The summed E-state index contributed by atoms with van der Waals surface area (Å²) in [7, 11) is -3.95. The third kappa shape index (κ3) is 3.17. The van der Waals surface area contributed by atoms with E-state index < -0.39 is 16.0 Å². The fraction of sp³-hybridized carbons (Fsp3) is 0.417. The number of sulfonamides is 1. The molecular weight excluding hydrogens is 341 g/mol. The molecule has 1 saturated heterocycles. The first-order chi connectivity index (χ1) is 9.75. The molecule has 21 heavy (non-hydrogen) atoms. The van der Waals surface area contributed by atoms with Crippen LogP contribution in [0, 0.1) is 0 Å². The van der Waals surface area contributed by atoms with Crippen molar-refractivity contribution in [3.63, 3.8) is 0 Å². The van der Waals surface area contributed by atoms with Crippen LogP contribution >= 0.6 is 23.2 Å². The van der Waals surface area contributed by atoms with Crippen molar-refractivity contribution < 1.29 is 23.1 Å². The molecule has 2 rings (SSSR count). The van der Waals surface area contributed by atoms with Gasteiger partial charge in [0.1, 0.15) is 4.90 Å². The molecule has 0 saturated carbocycles. The van der Waals surface area contributed by atoms with Gasteiger partial charge in [0.15, 0.2) is 0 Å². The molecule has 1 aliphatic heterocycles. The normalized spacial score (nSPS) is 20.4. The van der Waals surface area contributed by atoms with E-state index in [0.29, 0.717) is 0 Å². The van der Waals surface area contributed by atoms with Crippen LogP contribution in [0.1, 0.15) is 17.3 Å². The quantitative estimate of drug-likeness (QED) is 0.899. The van der Waals surface area contributed by atoms with Gasteiger partial charge in [-0.2, -0.15) is 4.31 Å². The van der Waals surface area contributed by atoms with Gasteiger partial charge in [-0.25, -0.2) is 13.2 Å². The fourth-order valence-corrected chi connectivity index (χ4v) is 4.58. The number of rotatable bonds is 3. The van der Waals surface area contributed by atoms with Gasteiger partial charge in [0.2, 0.25) is 10.0 Å². The van der Waals surface area contributed by atoms with E-state index in [1.807, 2.05) is 0 Å². The highest BCUT2D eigenvalue weighted by Crippen LogP contribution is 2.32. The Hall–Kier alpha value is -0.860. The lowest BCUT2D eigenvalue weighted by Crippen LogP contribution is -2.47. The minimum Gasteiger partial charge on any atom is -0.478 e. The molecule has 1 aliphatic rings. The maximum atomic E-state index is 12.7. The van der Waals surface area contributed by atoms with Gasteiger partial charge in [-0.15, -0.1) is 0 Å².